The van der Waals surface area contributed by atoms with E-state index in [0.29, 0.717) is 0 Å². The molecule has 3 nitrogen and oxygen atoms in total. The monoisotopic (exact) mass is 217 g/mol. The van der Waals surface area contributed by atoms with Crippen molar-refractivity contribution in [3.63, 3.8) is 0 Å². The van der Waals surface area contributed by atoms with E-state index in [0.717, 1.165) is 10.7 Å². The Morgan fingerprint density at radius 2 is 1.93 bits per heavy atom. The highest BCUT2D eigenvalue weighted by Gasteiger charge is 2.36. The van der Waals surface area contributed by atoms with E-state index in [1.54, 1.807) is 13.8 Å². The molecule has 0 aliphatic rings. The van der Waals surface area contributed by atoms with Crippen LogP contribution in [0.4, 0.5) is 13.2 Å². The van der Waals surface area contributed by atoms with Gasteiger partial charge in [0.2, 0.25) is 0 Å². The van der Waals surface area contributed by atoms with Crippen molar-refractivity contribution in [2.45, 2.75) is 25.4 Å². The summed E-state index contributed by atoms with van der Waals surface area (Å²) < 4.78 is 38.0. The molecule has 0 fully saturated rings. The Balaban J connectivity index is 3.26. The quantitative estimate of drug-likeness (QED) is 0.723. The van der Waals surface area contributed by atoms with Crippen LogP contribution in [0.2, 0.25) is 0 Å². The number of nitriles is 1. The van der Waals surface area contributed by atoms with Crippen molar-refractivity contribution in [2.75, 3.05) is 0 Å². The molecule has 0 aliphatic carbocycles. The molecule has 1 heterocycles. The predicted molar refractivity (Wildman–Crippen MR) is 46.8 cm³/mol. The van der Waals surface area contributed by atoms with Crippen molar-refractivity contribution in [3.05, 3.63) is 17.5 Å². The molecule has 0 amide bonds. The number of nitrogens with zero attached hydrogens (tertiary/aromatic N) is 3. The summed E-state index contributed by atoms with van der Waals surface area (Å²) >= 11 is 0. The minimum absolute atomic E-state index is 0.248. The van der Waals surface area contributed by atoms with Crippen LogP contribution >= 0.6 is 0 Å². The first-order valence-corrected chi connectivity index (χ1v) is 4.21. The highest BCUT2D eigenvalue weighted by atomic mass is 19.4. The zero-order chi connectivity index (χ0) is 11.9. The zero-order valence-electron chi connectivity index (χ0n) is 8.55. The van der Waals surface area contributed by atoms with Crippen LogP contribution in [-0.4, -0.2) is 9.78 Å². The van der Waals surface area contributed by atoms with E-state index in [-0.39, 0.29) is 5.69 Å². The summed E-state index contributed by atoms with van der Waals surface area (Å²) in [6.45, 7) is 3.09. The van der Waals surface area contributed by atoms with Gasteiger partial charge in [-0.25, -0.2) is 0 Å². The molecule has 6 heteroatoms. The summed E-state index contributed by atoms with van der Waals surface area (Å²) in [5.74, 6) is 0. The van der Waals surface area contributed by atoms with Crippen molar-refractivity contribution in [1.29, 1.82) is 5.26 Å². The minimum atomic E-state index is -4.47. The van der Waals surface area contributed by atoms with E-state index in [9.17, 15) is 13.2 Å². The van der Waals surface area contributed by atoms with E-state index < -0.39 is 17.3 Å². The molecule has 0 atom stereocenters. The Morgan fingerprint density at radius 1 is 1.40 bits per heavy atom. The molecule has 0 N–H and O–H groups in total. The Bertz CT molecular complexity index is 409. The van der Waals surface area contributed by atoms with Gasteiger partial charge in [0, 0.05) is 7.05 Å². The number of aromatic nitrogens is 2. The van der Waals surface area contributed by atoms with Crippen LogP contribution in [0.3, 0.4) is 0 Å². The maximum atomic E-state index is 12.3. The second-order valence-corrected chi connectivity index (χ2v) is 3.77. The SMILES string of the molecule is Cn1nc(C(F)(F)F)cc1C(C)(C)C#N. The van der Waals surface area contributed by atoms with E-state index in [4.69, 9.17) is 5.26 Å². The van der Waals surface area contributed by atoms with Gasteiger partial charge in [0.1, 0.15) is 0 Å². The summed E-state index contributed by atoms with van der Waals surface area (Å²) in [5, 5.41) is 12.1. The summed E-state index contributed by atoms with van der Waals surface area (Å²) in [4.78, 5) is 0. The average Bonchev–Trinajstić information content (AvgIpc) is 2.47. The third-order valence-corrected chi connectivity index (χ3v) is 2.09. The average molecular weight is 217 g/mol. The number of rotatable bonds is 1. The number of hydrogen-bond acceptors (Lipinski definition) is 2. The lowest BCUT2D eigenvalue weighted by Gasteiger charge is -2.14. The molecule has 1 rings (SSSR count). The first kappa shape index (κ1) is 11.6. The Labute approximate surface area is 85.1 Å². The molecular formula is C9H10F3N3. The number of aryl methyl sites for hydroxylation is 1. The van der Waals surface area contributed by atoms with Gasteiger partial charge in [0.15, 0.2) is 5.69 Å². The van der Waals surface area contributed by atoms with Crippen LogP contribution in [0.5, 0.6) is 0 Å². The number of hydrogen-bond donors (Lipinski definition) is 0. The van der Waals surface area contributed by atoms with Crippen LogP contribution in [0.15, 0.2) is 6.07 Å². The first-order chi connectivity index (χ1) is 6.68. The molecule has 0 spiro atoms. The van der Waals surface area contributed by atoms with Gasteiger partial charge in [0.05, 0.1) is 17.2 Å². The van der Waals surface area contributed by atoms with E-state index >= 15 is 0 Å². The van der Waals surface area contributed by atoms with Crippen LogP contribution < -0.4 is 0 Å². The van der Waals surface area contributed by atoms with E-state index in [1.165, 1.54) is 7.05 Å². The van der Waals surface area contributed by atoms with Crippen LogP contribution in [-0.2, 0) is 18.6 Å². The van der Waals surface area contributed by atoms with Gasteiger partial charge in [-0.15, -0.1) is 0 Å². The van der Waals surface area contributed by atoms with Crippen molar-refractivity contribution < 1.29 is 13.2 Å². The van der Waals surface area contributed by atoms with E-state index in [2.05, 4.69) is 5.10 Å². The molecule has 1 aromatic heterocycles. The zero-order valence-corrected chi connectivity index (χ0v) is 8.55. The standard InChI is InChI=1S/C9H10F3N3/c1-8(2,5-13)7-4-6(9(10,11)12)14-15(7)3/h4H,1-3H3. The first-order valence-electron chi connectivity index (χ1n) is 4.21. The van der Waals surface area contributed by atoms with Crippen LogP contribution in [0.1, 0.15) is 25.2 Å². The third kappa shape index (κ3) is 2.12. The van der Waals surface area contributed by atoms with Gasteiger partial charge in [-0.3, -0.25) is 4.68 Å². The Morgan fingerprint density at radius 3 is 2.27 bits per heavy atom. The van der Waals surface area contributed by atoms with Gasteiger partial charge in [0.25, 0.3) is 0 Å². The predicted octanol–water partition coefficient (Wildman–Crippen LogP) is 2.24. The van der Waals surface area contributed by atoms with Crippen LogP contribution in [0, 0.1) is 11.3 Å². The summed E-state index contributed by atoms with van der Waals surface area (Å²) in [6, 6.07) is 2.84. The highest BCUT2D eigenvalue weighted by molar-refractivity contribution is 5.26. The summed E-state index contributed by atoms with van der Waals surface area (Å²) in [7, 11) is 1.39. The van der Waals surface area contributed by atoms with Gasteiger partial charge >= 0.3 is 6.18 Å². The van der Waals surface area contributed by atoms with Crippen molar-refractivity contribution in [2.24, 2.45) is 7.05 Å². The largest absolute Gasteiger partial charge is 0.435 e. The number of alkyl halides is 3. The van der Waals surface area contributed by atoms with Crippen molar-refractivity contribution in [3.8, 4) is 6.07 Å². The van der Waals surface area contributed by atoms with Gasteiger partial charge in [-0.1, -0.05) is 0 Å². The molecule has 1 aromatic rings. The highest BCUT2D eigenvalue weighted by Crippen LogP contribution is 2.31. The molecule has 0 saturated carbocycles. The summed E-state index contributed by atoms with van der Waals surface area (Å²) in [6.07, 6.45) is -4.47. The fraction of sp³-hybridized carbons (Fsp3) is 0.556. The lowest BCUT2D eigenvalue weighted by atomic mass is 9.91. The van der Waals surface area contributed by atoms with Crippen molar-refractivity contribution >= 4 is 0 Å². The smallest absolute Gasteiger partial charge is 0.270 e. The lowest BCUT2D eigenvalue weighted by Crippen LogP contribution is -2.18. The number of halogens is 3. The van der Waals surface area contributed by atoms with Gasteiger partial charge < -0.3 is 0 Å². The molecule has 0 aromatic carbocycles. The second kappa shape index (κ2) is 3.26. The molecule has 0 aliphatic heterocycles. The Hall–Kier alpha value is -1.51. The van der Waals surface area contributed by atoms with Gasteiger partial charge in [-0.05, 0) is 19.9 Å². The fourth-order valence-corrected chi connectivity index (χ4v) is 1.25. The van der Waals surface area contributed by atoms with Crippen molar-refractivity contribution in [1.82, 2.24) is 9.78 Å². The normalized spacial score (nSPS) is 12.6. The second-order valence-electron chi connectivity index (χ2n) is 3.77. The molecular weight excluding hydrogens is 207 g/mol. The summed E-state index contributed by atoms with van der Waals surface area (Å²) in [5.41, 5.74) is -1.70. The molecule has 0 bridgehead atoms. The third-order valence-electron chi connectivity index (χ3n) is 2.09. The van der Waals surface area contributed by atoms with Crippen LogP contribution in [0.25, 0.3) is 0 Å². The van der Waals surface area contributed by atoms with E-state index in [1.807, 2.05) is 6.07 Å². The molecule has 0 radical (unpaired) electrons. The fourth-order valence-electron chi connectivity index (χ4n) is 1.25. The molecule has 82 valence electrons. The lowest BCUT2D eigenvalue weighted by molar-refractivity contribution is -0.141. The minimum Gasteiger partial charge on any atom is -0.270 e. The topological polar surface area (TPSA) is 41.6 Å². The Kier molecular flexibility index (Phi) is 2.51. The molecule has 0 unspecified atom stereocenters. The van der Waals surface area contributed by atoms with Gasteiger partial charge in [-0.2, -0.15) is 23.5 Å². The molecule has 0 saturated heterocycles. The maximum absolute atomic E-state index is 12.3. The molecule has 15 heavy (non-hydrogen) atoms. The maximum Gasteiger partial charge on any atom is 0.435 e.